The van der Waals surface area contributed by atoms with Crippen LogP contribution in [0.15, 0.2) is 72.6 Å². The molecule has 1 fully saturated rings. The second-order valence-electron chi connectivity index (χ2n) is 7.92. The predicted octanol–water partition coefficient (Wildman–Crippen LogP) is 3.48. The standard InChI is InChI=1S/C26H22N2O6/c1-32-19-6-2-5-17(12-19)23-22(24(29)18-7-8-20-21(13-18)34-11-10-33-20)25(30)26(31)28(23)15-16-4-3-9-27-14-16/h2-9,12-14,23,29H,10-11,15H2,1H3/b24-22+/t23-/m0/s1. The van der Waals surface area contributed by atoms with Gasteiger partial charge in [-0.05, 0) is 47.5 Å². The van der Waals surface area contributed by atoms with Crippen molar-refractivity contribution in [2.24, 2.45) is 0 Å². The summed E-state index contributed by atoms with van der Waals surface area (Å²) in [6, 6.07) is 14.8. The van der Waals surface area contributed by atoms with Gasteiger partial charge in [0.2, 0.25) is 0 Å². The Balaban J connectivity index is 1.64. The summed E-state index contributed by atoms with van der Waals surface area (Å²) >= 11 is 0. The van der Waals surface area contributed by atoms with Crippen molar-refractivity contribution in [3.8, 4) is 17.2 Å². The Hall–Kier alpha value is -4.33. The fourth-order valence-electron chi connectivity index (χ4n) is 4.24. The largest absolute Gasteiger partial charge is 0.507 e. The number of aliphatic hydroxyl groups is 1. The SMILES string of the molecule is COc1cccc([C@H]2/C(=C(\O)c3ccc4c(c3)OCCO4)C(=O)C(=O)N2Cc2cccnc2)c1. The van der Waals surface area contributed by atoms with Crippen LogP contribution in [0, 0.1) is 0 Å². The quantitative estimate of drug-likeness (QED) is 0.355. The summed E-state index contributed by atoms with van der Waals surface area (Å²) in [7, 11) is 1.54. The van der Waals surface area contributed by atoms with Crippen molar-refractivity contribution >= 4 is 17.4 Å². The third kappa shape index (κ3) is 3.83. The molecule has 1 aromatic heterocycles. The second-order valence-corrected chi connectivity index (χ2v) is 7.92. The van der Waals surface area contributed by atoms with Crippen molar-refractivity contribution in [1.29, 1.82) is 0 Å². The topological polar surface area (TPSA) is 98.2 Å². The monoisotopic (exact) mass is 458 g/mol. The zero-order valence-electron chi connectivity index (χ0n) is 18.4. The number of carbonyl (C=O) groups is 2. The zero-order valence-corrected chi connectivity index (χ0v) is 18.4. The van der Waals surface area contributed by atoms with Crippen LogP contribution in [0.3, 0.4) is 0 Å². The highest BCUT2D eigenvalue weighted by Crippen LogP contribution is 2.42. The molecule has 5 rings (SSSR count). The number of rotatable bonds is 5. The number of pyridine rings is 1. The van der Waals surface area contributed by atoms with Crippen molar-refractivity contribution in [1.82, 2.24) is 9.88 Å². The smallest absolute Gasteiger partial charge is 0.295 e. The second kappa shape index (κ2) is 8.90. The van der Waals surface area contributed by atoms with E-state index in [1.807, 2.05) is 6.07 Å². The molecule has 0 unspecified atom stereocenters. The van der Waals surface area contributed by atoms with E-state index in [1.54, 1.807) is 68.0 Å². The number of ether oxygens (including phenoxy) is 3. The van der Waals surface area contributed by atoms with Crippen molar-refractivity contribution in [2.75, 3.05) is 20.3 Å². The Kier molecular flexibility index (Phi) is 5.63. The van der Waals surface area contributed by atoms with Crippen LogP contribution in [0.2, 0.25) is 0 Å². The highest BCUT2D eigenvalue weighted by atomic mass is 16.6. The summed E-state index contributed by atoms with van der Waals surface area (Å²) in [5.74, 6) is -0.137. The fraction of sp³-hybridized carbons (Fsp3) is 0.192. The lowest BCUT2D eigenvalue weighted by molar-refractivity contribution is -0.140. The van der Waals surface area contributed by atoms with Gasteiger partial charge in [0.15, 0.2) is 11.5 Å². The van der Waals surface area contributed by atoms with E-state index in [1.165, 1.54) is 4.90 Å². The average molecular weight is 458 g/mol. The number of hydrogen-bond acceptors (Lipinski definition) is 7. The van der Waals surface area contributed by atoms with Crippen molar-refractivity contribution < 1.29 is 28.9 Å². The van der Waals surface area contributed by atoms with E-state index in [0.29, 0.717) is 41.6 Å². The minimum Gasteiger partial charge on any atom is -0.507 e. The summed E-state index contributed by atoms with van der Waals surface area (Å²) in [5.41, 5.74) is 1.76. The van der Waals surface area contributed by atoms with Gasteiger partial charge >= 0.3 is 0 Å². The molecule has 1 N–H and O–H groups in total. The molecule has 0 saturated carbocycles. The van der Waals surface area contributed by atoms with Gasteiger partial charge < -0.3 is 24.2 Å². The number of benzene rings is 2. The van der Waals surface area contributed by atoms with Gasteiger partial charge in [0.05, 0.1) is 18.7 Å². The molecule has 8 heteroatoms. The third-order valence-corrected chi connectivity index (χ3v) is 5.84. The number of carbonyl (C=O) groups excluding carboxylic acids is 2. The number of Topliss-reactive ketones (excluding diaryl/α,β-unsaturated/α-hetero) is 1. The molecule has 0 radical (unpaired) electrons. The Morgan fingerprint density at radius 3 is 2.68 bits per heavy atom. The molecule has 0 spiro atoms. The first kappa shape index (κ1) is 21.5. The van der Waals surface area contributed by atoms with Gasteiger partial charge in [-0.1, -0.05) is 18.2 Å². The molecule has 172 valence electrons. The molecule has 2 aromatic carbocycles. The molecule has 1 saturated heterocycles. The normalized spacial score (nSPS) is 18.7. The number of nitrogens with zero attached hydrogens (tertiary/aromatic N) is 2. The lowest BCUT2D eigenvalue weighted by atomic mass is 9.95. The van der Waals surface area contributed by atoms with Crippen molar-refractivity contribution in [3.05, 3.63) is 89.3 Å². The Bertz CT molecular complexity index is 1290. The van der Waals surface area contributed by atoms with E-state index in [4.69, 9.17) is 14.2 Å². The number of hydrogen-bond donors (Lipinski definition) is 1. The highest BCUT2D eigenvalue weighted by Gasteiger charge is 2.46. The van der Waals surface area contributed by atoms with Gasteiger partial charge in [-0.25, -0.2) is 0 Å². The maximum absolute atomic E-state index is 13.2. The van der Waals surface area contributed by atoms with Crippen LogP contribution < -0.4 is 14.2 Å². The van der Waals surface area contributed by atoms with Gasteiger partial charge in [-0.2, -0.15) is 0 Å². The molecule has 3 heterocycles. The lowest BCUT2D eigenvalue weighted by Crippen LogP contribution is -2.29. The number of fused-ring (bicyclic) bond motifs is 1. The molecule has 2 aliphatic heterocycles. The number of likely N-dealkylation sites (tertiary alicyclic amines) is 1. The molecular formula is C26H22N2O6. The molecule has 8 nitrogen and oxygen atoms in total. The summed E-state index contributed by atoms with van der Waals surface area (Å²) in [4.78, 5) is 31.9. The van der Waals surface area contributed by atoms with E-state index < -0.39 is 17.7 Å². The molecule has 1 amide bonds. The van der Waals surface area contributed by atoms with E-state index in [0.717, 1.165) is 5.56 Å². The van der Waals surface area contributed by atoms with Crippen LogP contribution in [0.25, 0.3) is 5.76 Å². The highest BCUT2D eigenvalue weighted by molar-refractivity contribution is 6.46. The summed E-state index contributed by atoms with van der Waals surface area (Å²) in [6.45, 7) is 0.975. The fourth-order valence-corrected chi connectivity index (χ4v) is 4.24. The Morgan fingerprint density at radius 2 is 1.91 bits per heavy atom. The number of amides is 1. The molecular weight excluding hydrogens is 436 g/mol. The maximum Gasteiger partial charge on any atom is 0.295 e. The van der Waals surface area contributed by atoms with Crippen molar-refractivity contribution in [2.45, 2.75) is 12.6 Å². The van der Waals surface area contributed by atoms with Crippen LogP contribution >= 0.6 is 0 Å². The molecule has 2 aliphatic rings. The summed E-state index contributed by atoms with van der Waals surface area (Å²) in [5, 5.41) is 11.3. The summed E-state index contributed by atoms with van der Waals surface area (Å²) in [6.07, 6.45) is 3.28. The van der Waals surface area contributed by atoms with E-state index in [2.05, 4.69) is 4.98 Å². The van der Waals surface area contributed by atoms with Crippen LogP contribution in [-0.4, -0.2) is 47.0 Å². The predicted molar refractivity (Wildman–Crippen MR) is 123 cm³/mol. The number of aliphatic hydroxyl groups excluding tert-OH is 1. The van der Waals surface area contributed by atoms with Gasteiger partial charge in [-0.3, -0.25) is 14.6 Å². The first-order valence-electron chi connectivity index (χ1n) is 10.8. The summed E-state index contributed by atoms with van der Waals surface area (Å²) < 4.78 is 16.5. The Labute approximate surface area is 196 Å². The van der Waals surface area contributed by atoms with Crippen LogP contribution in [0.4, 0.5) is 0 Å². The maximum atomic E-state index is 13.2. The number of ketones is 1. The molecule has 3 aromatic rings. The molecule has 1 atom stereocenters. The van der Waals surface area contributed by atoms with Crippen LogP contribution in [0.1, 0.15) is 22.7 Å². The van der Waals surface area contributed by atoms with Crippen LogP contribution in [-0.2, 0) is 16.1 Å². The lowest BCUT2D eigenvalue weighted by Gasteiger charge is -2.25. The van der Waals surface area contributed by atoms with Crippen LogP contribution in [0.5, 0.6) is 17.2 Å². The molecule has 0 bridgehead atoms. The van der Waals surface area contributed by atoms with Gasteiger partial charge in [-0.15, -0.1) is 0 Å². The first-order valence-corrected chi connectivity index (χ1v) is 10.8. The molecule has 0 aliphatic carbocycles. The Morgan fingerprint density at radius 1 is 1.09 bits per heavy atom. The van der Waals surface area contributed by atoms with E-state index >= 15 is 0 Å². The van der Waals surface area contributed by atoms with Gasteiger partial charge in [0, 0.05) is 24.5 Å². The van der Waals surface area contributed by atoms with E-state index in [9.17, 15) is 14.7 Å². The minimum absolute atomic E-state index is 0.00109. The van der Waals surface area contributed by atoms with Gasteiger partial charge in [0.1, 0.15) is 24.7 Å². The minimum atomic E-state index is -0.816. The van der Waals surface area contributed by atoms with Gasteiger partial charge in [0.25, 0.3) is 11.7 Å². The average Bonchev–Trinajstić information content (AvgIpc) is 3.13. The zero-order chi connectivity index (χ0) is 23.7. The number of aromatic nitrogens is 1. The number of methoxy groups -OCH3 is 1. The van der Waals surface area contributed by atoms with E-state index in [-0.39, 0.29) is 17.9 Å². The third-order valence-electron chi connectivity index (χ3n) is 5.84. The molecule has 34 heavy (non-hydrogen) atoms. The first-order chi connectivity index (χ1) is 16.6. The van der Waals surface area contributed by atoms with Crippen molar-refractivity contribution in [3.63, 3.8) is 0 Å².